The Hall–Kier alpha value is -4.67. The molecule has 1 aliphatic rings. The van der Waals surface area contributed by atoms with Crippen LogP contribution in [0.3, 0.4) is 0 Å². The van der Waals surface area contributed by atoms with Crippen molar-refractivity contribution in [2.75, 3.05) is 32.6 Å². The van der Waals surface area contributed by atoms with Gasteiger partial charge >= 0.3 is 5.69 Å². The van der Waals surface area contributed by atoms with Gasteiger partial charge in [-0.3, -0.25) is 13.9 Å². The lowest BCUT2D eigenvalue weighted by Gasteiger charge is -2.32. The molecule has 9 nitrogen and oxygen atoms in total. The number of nitrogen functional groups attached to an aromatic ring is 1. The Balaban J connectivity index is 1.51. The van der Waals surface area contributed by atoms with E-state index in [1.165, 1.54) is 42.2 Å². The lowest BCUT2D eigenvalue weighted by molar-refractivity contribution is -0.127. The zero-order chi connectivity index (χ0) is 27.5. The number of imidazole rings is 1. The van der Waals surface area contributed by atoms with Crippen molar-refractivity contribution in [3.63, 3.8) is 0 Å². The average molecular weight is 536 g/mol. The van der Waals surface area contributed by atoms with Crippen LogP contribution in [0.25, 0.3) is 16.7 Å². The molecule has 0 bridgehead atoms. The first kappa shape index (κ1) is 26.0. The van der Waals surface area contributed by atoms with Gasteiger partial charge in [0.2, 0.25) is 11.7 Å². The van der Waals surface area contributed by atoms with Crippen molar-refractivity contribution in [3.8, 4) is 22.9 Å². The summed E-state index contributed by atoms with van der Waals surface area (Å²) in [6.45, 7) is 0.106. The van der Waals surface area contributed by atoms with Crippen molar-refractivity contribution in [2.24, 2.45) is 0 Å². The molecule has 4 aromatic rings. The average Bonchev–Trinajstić information content (AvgIpc) is 3.26. The maximum absolute atomic E-state index is 14.5. The summed E-state index contributed by atoms with van der Waals surface area (Å²) in [6, 6.07) is 12.6. The van der Waals surface area contributed by atoms with E-state index in [0.717, 1.165) is 0 Å². The molecule has 5 rings (SSSR count). The number of carbonyl (C=O) groups excluding carboxylic acids is 1. The lowest BCUT2D eigenvalue weighted by Crippen LogP contribution is -2.42. The number of anilines is 1. The van der Waals surface area contributed by atoms with Gasteiger partial charge in [0.25, 0.3) is 0 Å². The molecule has 1 atom stereocenters. The molecule has 11 heteroatoms. The molecule has 2 N–H and O–H groups in total. The van der Waals surface area contributed by atoms with Crippen LogP contribution in [0, 0.1) is 5.82 Å². The minimum atomic E-state index is -0.722. The first-order valence-electron chi connectivity index (χ1n) is 12.4. The van der Waals surface area contributed by atoms with E-state index in [0.29, 0.717) is 48.4 Å². The predicted molar refractivity (Wildman–Crippen MR) is 143 cm³/mol. The van der Waals surface area contributed by atoms with Crippen LogP contribution in [0.4, 0.5) is 14.6 Å². The molecule has 0 radical (unpaired) electrons. The van der Waals surface area contributed by atoms with Crippen LogP contribution in [-0.4, -0.2) is 51.8 Å². The number of halogens is 2. The Morgan fingerprint density at radius 3 is 2.69 bits per heavy atom. The fourth-order valence-electron chi connectivity index (χ4n) is 4.92. The number of benzene rings is 2. The number of nitrogens with zero attached hydrogens (tertiary/aromatic N) is 4. The number of aromatic nitrogens is 3. The van der Waals surface area contributed by atoms with E-state index in [-0.39, 0.29) is 35.0 Å². The summed E-state index contributed by atoms with van der Waals surface area (Å²) in [6.07, 6.45) is 5.29. The highest BCUT2D eigenvalue weighted by molar-refractivity contribution is 5.88. The lowest BCUT2D eigenvalue weighted by atomic mass is 10.1. The zero-order valence-electron chi connectivity index (χ0n) is 21.2. The molecule has 1 aliphatic heterocycles. The molecule has 1 fully saturated rings. The third-order valence-electron chi connectivity index (χ3n) is 6.71. The van der Waals surface area contributed by atoms with Gasteiger partial charge in [0.1, 0.15) is 23.8 Å². The van der Waals surface area contributed by atoms with Crippen molar-refractivity contribution in [1.29, 1.82) is 0 Å². The summed E-state index contributed by atoms with van der Waals surface area (Å²) >= 11 is 0. The van der Waals surface area contributed by atoms with Crippen LogP contribution in [0.15, 0.2) is 71.7 Å². The number of pyridine rings is 1. The minimum Gasteiger partial charge on any atom is -0.494 e. The number of hydrogen-bond acceptors (Lipinski definition) is 6. The largest absolute Gasteiger partial charge is 0.494 e. The highest BCUT2D eigenvalue weighted by atomic mass is 19.1. The number of fused-ring (bicyclic) bond motifs is 1. The predicted octanol–water partition coefficient (Wildman–Crippen LogP) is 4.40. The molecule has 0 spiro atoms. The van der Waals surface area contributed by atoms with E-state index in [1.807, 2.05) is 0 Å². The fourth-order valence-corrected chi connectivity index (χ4v) is 4.92. The Kier molecular flexibility index (Phi) is 7.31. The van der Waals surface area contributed by atoms with Crippen LogP contribution < -0.4 is 20.9 Å². The summed E-state index contributed by atoms with van der Waals surface area (Å²) in [5.74, 6) is -0.316. The number of ether oxygens (including phenoxy) is 2. The fraction of sp³-hybridized carbons (Fsp3) is 0.250. The van der Waals surface area contributed by atoms with Crippen molar-refractivity contribution in [3.05, 3.63) is 83.2 Å². The maximum atomic E-state index is 14.5. The van der Waals surface area contributed by atoms with Gasteiger partial charge in [0.15, 0.2) is 11.5 Å². The van der Waals surface area contributed by atoms with E-state index < -0.39 is 12.5 Å². The van der Waals surface area contributed by atoms with Gasteiger partial charge in [0.05, 0.1) is 24.4 Å². The summed E-state index contributed by atoms with van der Waals surface area (Å²) < 4.78 is 40.9. The number of methoxy groups -OCH3 is 1. The number of allylic oxidation sites excluding steroid dienone is 1. The van der Waals surface area contributed by atoms with Crippen LogP contribution in [0.1, 0.15) is 18.9 Å². The van der Waals surface area contributed by atoms with E-state index in [2.05, 4.69) is 4.98 Å². The van der Waals surface area contributed by atoms with E-state index >= 15 is 0 Å². The van der Waals surface area contributed by atoms with Crippen LogP contribution >= 0.6 is 0 Å². The highest BCUT2D eigenvalue weighted by Gasteiger charge is 2.28. The number of piperidine rings is 1. The van der Waals surface area contributed by atoms with Crippen LogP contribution in [0.5, 0.6) is 17.2 Å². The van der Waals surface area contributed by atoms with Gasteiger partial charge in [0, 0.05) is 25.4 Å². The molecule has 2 aromatic heterocycles. The molecule has 1 amide bonds. The third kappa shape index (κ3) is 4.95. The molecule has 1 saturated heterocycles. The molecule has 0 unspecified atom stereocenters. The summed E-state index contributed by atoms with van der Waals surface area (Å²) in [5, 5.41) is 0. The molecule has 0 aliphatic carbocycles. The van der Waals surface area contributed by atoms with Crippen LogP contribution in [0.2, 0.25) is 0 Å². The van der Waals surface area contributed by atoms with Gasteiger partial charge in [-0.25, -0.2) is 14.2 Å². The number of rotatable bonds is 7. The first-order valence-corrected chi connectivity index (χ1v) is 12.4. The summed E-state index contributed by atoms with van der Waals surface area (Å²) in [5.41, 5.74) is 7.44. The van der Waals surface area contributed by atoms with Crippen molar-refractivity contribution in [2.45, 2.75) is 18.9 Å². The van der Waals surface area contributed by atoms with E-state index in [4.69, 9.17) is 15.2 Å². The van der Waals surface area contributed by atoms with Gasteiger partial charge in [-0.05, 0) is 61.4 Å². The normalized spacial score (nSPS) is 15.7. The summed E-state index contributed by atoms with van der Waals surface area (Å²) in [7, 11) is 1.37. The molecule has 39 heavy (non-hydrogen) atoms. The Morgan fingerprint density at radius 2 is 1.95 bits per heavy atom. The monoisotopic (exact) mass is 535 g/mol. The number of amides is 1. The highest BCUT2D eigenvalue weighted by Crippen LogP contribution is 2.32. The number of likely N-dealkylation sites (tertiary alicyclic amines) is 1. The quantitative estimate of drug-likeness (QED) is 0.352. The number of hydrogen-bond donors (Lipinski definition) is 1. The van der Waals surface area contributed by atoms with Gasteiger partial charge in [-0.15, -0.1) is 0 Å². The Bertz CT molecular complexity index is 1600. The molecular formula is C28H27F2N5O4. The molecule has 202 valence electrons. The summed E-state index contributed by atoms with van der Waals surface area (Å²) in [4.78, 5) is 32.2. The Labute approximate surface area is 222 Å². The van der Waals surface area contributed by atoms with E-state index in [9.17, 15) is 18.4 Å². The number of alkyl halides is 1. The standard InChI is InChI=1S/C28H27F2N5O4/c1-38-22-6-2-7-23(25(22)30)39-20-11-9-18(10-12-20)35-26-21(13-15-32-27(26)31)34(28(35)37)19-5-4-16-33(17-19)24(36)8-3-14-29/h2-3,6-13,15,19H,4-5,14,16-17H2,1H3,(H2,31,32)/b8-3+/t19-/m1/s1. The van der Waals surface area contributed by atoms with Crippen LogP contribution in [-0.2, 0) is 4.79 Å². The second-order valence-electron chi connectivity index (χ2n) is 9.06. The topological polar surface area (TPSA) is 105 Å². The molecule has 0 saturated carbocycles. The van der Waals surface area contributed by atoms with Gasteiger partial charge in [-0.1, -0.05) is 6.07 Å². The number of carbonyl (C=O) groups is 1. The van der Waals surface area contributed by atoms with Gasteiger partial charge < -0.3 is 20.1 Å². The van der Waals surface area contributed by atoms with Crippen molar-refractivity contribution in [1.82, 2.24) is 19.0 Å². The number of nitrogens with two attached hydrogens (primary N) is 1. The van der Waals surface area contributed by atoms with Crippen molar-refractivity contribution >= 4 is 22.8 Å². The Morgan fingerprint density at radius 1 is 1.18 bits per heavy atom. The molecule has 3 heterocycles. The molecule has 2 aromatic carbocycles. The molecular weight excluding hydrogens is 508 g/mol. The first-order chi connectivity index (χ1) is 18.9. The second kappa shape index (κ2) is 11.0. The SMILES string of the molecule is COc1cccc(Oc2ccc(-n3c(=O)n([C@@H]4CCCN(C(=O)/C=C/CF)C4)c4ccnc(N)c43)cc2)c1F. The van der Waals surface area contributed by atoms with E-state index in [1.54, 1.807) is 45.9 Å². The zero-order valence-corrected chi connectivity index (χ0v) is 21.2. The third-order valence-corrected chi connectivity index (χ3v) is 6.71. The van der Waals surface area contributed by atoms with Crippen molar-refractivity contribution < 1.29 is 23.0 Å². The van der Waals surface area contributed by atoms with Gasteiger partial charge in [-0.2, -0.15) is 4.39 Å². The smallest absolute Gasteiger partial charge is 0.334 e. The second-order valence-corrected chi connectivity index (χ2v) is 9.06. The minimum absolute atomic E-state index is 0.00192. The maximum Gasteiger partial charge on any atom is 0.334 e.